The molecule has 130 valence electrons. The summed E-state index contributed by atoms with van der Waals surface area (Å²) in [6.45, 7) is 4.25. The number of hydrogen-bond donors (Lipinski definition) is 2. The van der Waals surface area contributed by atoms with Gasteiger partial charge < -0.3 is 10.6 Å². The first-order valence-corrected chi connectivity index (χ1v) is 9.93. The highest BCUT2D eigenvalue weighted by atomic mass is 32.1. The zero-order valence-corrected chi connectivity index (χ0v) is 15.7. The third-order valence-corrected chi connectivity index (χ3v) is 6.20. The molecular weight excluding hydrogens is 314 g/mol. The van der Waals surface area contributed by atoms with Crippen molar-refractivity contribution < 1.29 is 0 Å². The monoisotopic (exact) mass is 343 g/mol. The maximum Gasteiger partial charge on any atom is 0.171 e. The second kappa shape index (κ2) is 6.64. The Bertz CT molecular complexity index is 611. The van der Waals surface area contributed by atoms with Crippen LogP contribution in [0.4, 0.5) is 5.69 Å². The average Bonchev–Trinajstić information content (AvgIpc) is 3.34. The molecule has 1 aromatic carbocycles. The molecule has 0 aromatic heterocycles. The van der Waals surface area contributed by atoms with Crippen LogP contribution in [0.3, 0.4) is 0 Å². The molecule has 2 N–H and O–H groups in total. The van der Waals surface area contributed by atoms with Gasteiger partial charge in [0.05, 0.1) is 0 Å². The van der Waals surface area contributed by atoms with Crippen LogP contribution in [0.5, 0.6) is 0 Å². The Kier molecular flexibility index (Phi) is 4.52. The zero-order chi connectivity index (χ0) is 16.7. The Morgan fingerprint density at radius 3 is 2.42 bits per heavy atom. The largest absolute Gasteiger partial charge is 0.360 e. The molecule has 2 heterocycles. The third-order valence-electron chi connectivity index (χ3n) is 5.98. The molecule has 3 nitrogen and oxygen atoms in total. The lowest BCUT2D eigenvalue weighted by atomic mass is 9.81. The van der Waals surface area contributed by atoms with Crippen LogP contribution in [0.15, 0.2) is 18.2 Å². The normalized spacial score (nSPS) is 30.0. The molecule has 1 aromatic rings. The van der Waals surface area contributed by atoms with E-state index in [9.17, 15) is 0 Å². The van der Waals surface area contributed by atoms with Crippen LogP contribution in [-0.2, 0) is 0 Å². The first kappa shape index (κ1) is 16.3. The fourth-order valence-electron chi connectivity index (χ4n) is 4.72. The minimum atomic E-state index is 0.528. The van der Waals surface area contributed by atoms with Crippen LogP contribution in [0.25, 0.3) is 0 Å². The van der Waals surface area contributed by atoms with Gasteiger partial charge in [-0.3, -0.25) is 4.90 Å². The van der Waals surface area contributed by atoms with E-state index >= 15 is 0 Å². The van der Waals surface area contributed by atoms with E-state index in [0.29, 0.717) is 6.04 Å². The van der Waals surface area contributed by atoms with Crippen LogP contribution in [-0.4, -0.2) is 34.2 Å². The van der Waals surface area contributed by atoms with Gasteiger partial charge in [-0.15, -0.1) is 0 Å². The molecule has 3 fully saturated rings. The van der Waals surface area contributed by atoms with Crippen LogP contribution < -0.4 is 10.6 Å². The lowest BCUT2D eigenvalue weighted by Crippen LogP contribution is -2.57. The predicted octanol–water partition coefficient (Wildman–Crippen LogP) is 4.14. The van der Waals surface area contributed by atoms with Gasteiger partial charge in [-0.25, -0.2) is 0 Å². The van der Waals surface area contributed by atoms with Crippen molar-refractivity contribution in [3.8, 4) is 0 Å². The fourth-order valence-corrected chi connectivity index (χ4v) is 5.00. The minimum Gasteiger partial charge on any atom is -0.360 e. The summed E-state index contributed by atoms with van der Waals surface area (Å²) in [5, 5.41) is 7.82. The molecule has 0 unspecified atom stereocenters. The molecule has 4 heteroatoms. The number of fused-ring (bicyclic) bond motifs is 2. The van der Waals surface area contributed by atoms with E-state index in [1.54, 1.807) is 0 Å². The highest BCUT2D eigenvalue weighted by Gasteiger charge is 2.44. The Balaban J connectivity index is 1.37. The Labute approximate surface area is 151 Å². The van der Waals surface area contributed by atoms with Gasteiger partial charge >= 0.3 is 0 Å². The molecule has 2 saturated heterocycles. The molecule has 3 aliphatic rings. The first-order chi connectivity index (χ1) is 11.6. The summed E-state index contributed by atoms with van der Waals surface area (Å²) in [6.07, 6.45) is 9.53. The SMILES string of the molecule is Cc1ccc(C)c(NC(=S)NC2C[C@H]3CCC[C@H](C2)N3C2CC2)c1. The smallest absolute Gasteiger partial charge is 0.171 e. The number of hydrogen-bond acceptors (Lipinski definition) is 2. The Hall–Kier alpha value is -1.13. The minimum absolute atomic E-state index is 0.528. The molecule has 24 heavy (non-hydrogen) atoms. The second-order valence-electron chi connectivity index (χ2n) is 8.00. The van der Waals surface area contributed by atoms with E-state index < -0.39 is 0 Å². The van der Waals surface area contributed by atoms with E-state index in [-0.39, 0.29) is 0 Å². The van der Waals surface area contributed by atoms with Gasteiger partial charge in [0, 0.05) is 29.9 Å². The number of rotatable bonds is 3. The fraction of sp³-hybridized carbons (Fsp3) is 0.650. The highest BCUT2D eigenvalue weighted by Crippen LogP contribution is 2.41. The quantitative estimate of drug-likeness (QED) is 0.807. The molecule has 0 amide bonds. The van der Waals surface area contributed by atoms with Gasteiger partial charge in [0.15, 0.2) is 5.11 Å². The Morgan fingerprint density at radius 1 is 1.04 bits per heavy atom. The standard InChI is InChI=1S/C20H29N3S/c1-13-6-7-14(2)19(10-13)22-20(24)21-15-11-17-4-3-5-18(12-15)23(17)16-8-9-16/h6-7,10,15-18H,3-5,8-9,11-12H2,1-2H3,(H2,21,22,24)/t17-,18-/m1/s1. The summed E-state index contributed by atoms with van der Waals surface area (Å²) in [5.41, 5.74) is 3.63. The van der Waals surface area contributed by atoms with Crippen LogP contribution in [0.2, 0.25) is 0 Å². The number of thiocarbonyl (C=S) groups is 1. The lowest BCUT2D eigenvalue weighted by molar-refractivity contribution is 0.0209. The van der Waals surface area contributed by atoms with Crippen molar-refractivity contribution in [3.05, 3.63) is 29.3 Å². The van der Waals surface area contributed by atoms with Gasteiger partial charge in [0.2, 0.25) is 0 Å². The van der Waals surface area contributed by atoms with Gasteiger partial charge in [0.25, 0.3) is 0 Å². The molecular formula is C20H29N3S. The molecule has 0 spiro atoms. The van der Waals surface area contributed by atoms with E-state index in [1.807, 2.05) is 0 Å². The number of aryl methyl sites for hydroxylation is 2. The molecule has 2 bridgehead atoms. The highest BCUT2D eigenvalue weighted by molar-refractivity contribution is 7.80. The first-order valence-electron chi connectivity index (χ1n) is 9.52. The summed E-state index contributed by atoms with van der Waals surface area (Å²) in [6, 6.07) is 9.47. The molecule has 2 aliphatic heterocycles. The summed E-state index contributed by atoms with van der Waals surface area (Å²) in [5.74, 6) is 0. The molecule has 1 aliphatic carbocycles. The van der Waals surface area contributed by atoms with Crippen molar-refractivity contribution in [2.75, 3.05) is 5.32 Å². The maximum atomic E-state index is 5.61. The predicted molar refractivity (Wildman–Crippen MR) is 105 cm³/mol. The average molecular weight is 344 g/mol. The number of nitrogens with zero attached hydrogens (tertiary/aromatic N) is 1. The summed E-state index contributed by atoms with van der Waals surface area (Å²) in [4.78, 5) is 2.86. The number of piperidine rings is 2. The Morgan fingerprint density at radius 2 is 1.75 bits per heavy atom. The van der Waals surface area contributed by atoms with Crippen molar-refractivity contribution in [2.45, 2.75) is 83.0 Å². The van der Waals surface area contributed by atoms with Crippen molar-refractivity contribution in [2.24, 2.45) is 0 Å². The van der Waals surface area contributed by atoms with Crippen LogP contribution in [0, 0.1) is 13.8 Å². The summed E-state index contributed by atoms with van der Waals surface area (Å²) >= 11 is 5.61. The maximum absolute atomic E-state index is 5.61. The number of anilines is 1. The summed E-state index contributed by atoms with van der Waals surface area (Å²) in [7, 11) is 0. The molecule has 1 saturated carbocycles. The number of nitrogens with one attached hydrogen (secondary N) is 2. The van der Waals surface area contributed by atoms with Gasteiger partial charge in [-0.2, -0.15) is 0 Å². The van der Waals surface area contributed by atoms with Gasteiger partial charge in [-0.1, -0.05) is 18.6 Å². The van der Waals surface area contributed by atoms with Crippen molar-refractivity contribution >= 4 is 23.0 Å². The molecule has 0 radical (unpaired) electrons. The third kappa shape index (κ3) is 3.45. The van der Waals surface area contributed by atoms with Crippen molar-refractivity contribution in [1.29, 1.82) is 0 Å². The summed E-state index contributed by atoms with van der Waals surface area (Å²) < 4.78 is 0. The molecule has 4 rings (SSSR count). The van der Waals surface area contributed by atoms with E-state index in [1.165, 1.54) is 56.1 Å². The topological polar surface area (TPSA) is 27.3 Å². The van der Waals surface area contributed by atoms with Crippen LogP contribution in [0.1, 0.15) is 56.1 Å². The van der Waals surface area contributed by atoms with E-state index in [2.05, 4.69) is 47.6 Å². The second-order valence-corrected chi connectivity index (χ2v) is 8.41. The van der Waals surface area contributed by atoms with Gasteiger partial charge in [-0.05, 0) is 81.8 Å². The van der Waals surface area contributed by atoms with E-state index in [0.717, 1.165) is 28.9 Å². The van der Waals surface area contributed by atoms with E-state index in [4.69, 9.17) is 12.2 Å². The molecule has 2 atom stereocenters. The van der Waals surface area contributed by atoms with Crippen LogP contribution >= 0.6 is 12.2 Å². The van der Waals surface area contributed by atoms with Crippen molar-refractivity contribution in [3.63, 3.8) is 0 Å². The zero-order valence-electron chi connectivity index (χ0n) is 14.8. The van der Waals surface area contributed by atoms with Gasteiger partial charge in [0.1, 0.15) is 0 Å². The van der Waals surface area contributed by atoms with Crippen molar-refractivity contribution in [1.82, 2.24) is 10.2 Å². The number of benzene rings is 1. The lowest BCUT2D eigenvalue weighted by Gasteiger charge is -2.49.